The van der Waals surface area contributed by atoms with E-state index in [1.807, 2.05) is 30.0 Å². The standard InChI is InChI=1S/C35H44N8O3.C30H36N6O2.FH/c1-25-10-7-11-26-12-8-13-30(33(25)26)41-18-15-28-29(24-41)37-35(46-21-16-31(44)40(5)6)38-34(28)42-19-20-43(27(23-42)22-36-2)32(45)14-9-17-39(3)4;1-21-8-5-10-23-11-6-12-26(28(21)23)35-16-13-24-25(20-35)32-30(38-17-14-27(37)34(3)4)33-29(24)36-15-7-9-22(19-36)18-31-2;/h7-14,27H,15-24H2,1,3-6H3;5-6,8,10-12,22H,7,9,13-20H2,1,3-4H3;1H/b14-9+;;/t27-;22-;/m00./s1. The molecule has 2 aromatic heterocycles. The van der Waals surface area contributed by atoms with Gasteiger partial charge in [0.2, 0.25) is 30.8 Å². The summed E-state index contributed by atoms with van der Waals surface area (Å²) in [5.41, 5.74) is 9.01. The number of piperazine rings is 1. The number of rotatable bonds is 17. The highest BCUT2D eigenvalue weighted by Crippen LogP contribution is 2.38. The normalized spacial score (nSPS) is 16.6. The first-order valence-electron chi connectivity index (χ1n) is 29.3. The molecule has 20 heteroatoms. The van der Waals surface area contributed by atoms with Crippen molar-refractivity contribution in [2.24, 2.45) is 5.92 Å². The first-order chi connectivity index (χ1) is 40.6. The molecule has 448 valence electrons. The first kappa shape index (κ1) is 62.4. The zero-order valence-corrected chi connectivity index (χ0v) is 50.6. The van der Waals surface area contributed by atoms with Crippen molar-refractivity contribution in [3.63, 3.8) is 0 Å². The predicted octanol–water partition coefficient (Wildman–Crippen LogP) is 8.06. The second-order valence-corrected chi connectivity index (χ2v) is 23.0. The van der Waals surface area contributed by atoms with Gasteiger partial charge in [-0.3, -0.25) is 19.1 Å². The van der Waals surface area contributed by atoms with Crippen LogP contribution in [0.15, 0.2) is 84.9 Å². The highest BCUT2D eigenvalue weighted by Gasteiger charge is 2.36. The van der Waals surface area contributed by atoms with E-state index in [2.05, 4.69) is 116 Å². The second-order valence-electron chi connectivity index (χ2n) is 23.0. The Morgan fingerprint density at radius 1 is 0.624 bits per heavy atom. The molecule has 6 heterocycles. The van der Waals surface area contributed by atoms with Crippen molar-refractivity contribution in [2.75, 3.05) is 141 Å². The maximum atomic E-state index is 13.1. The molecule has 0 spiro atoms. The van der Waals surface area contributed by atoms with Crippen LogP contribution in [0, 0.1) is 32.9 Å². The molecule has 0 saturated carbocycles. The Kier molecular flexibility index (Phi) is 21.1. The summed E-state index contributed by atoms with van der Waals surface area (Å²) in [5, 5.41) is 4.97. The van der Waals surface area contributed by atoms with Crippen LogP contribution in [-0.4, -0.2) is 184 Å². The van der Waals surface area contributed by atoms with Crippen LogP contribution in [0.4, 0.5) is 27.7 Å². The number of benzene rings is 4. The second kappa shape index (κ2) is 28.8. The molecule has 2 saturated heterocycles. The summed E-state index contributed by atoms with van der Waals surface area (Å²) in [7, 11) is 10.9. The number of carbonyl (C=O) groups is 3. The summed E-state index contributed by atoms with van der Waals surface area (Å²) in [6.07, 6.45) is 7.69. The minimum atomic E-state index is -0.269. The van der Waals surface area contributed by atoms with Crippen LogP contribution in [0.1, 0.15) is 59.3 Å². The largest absolute Gasteiger partial charge is 0.463 e. The van der Waals surface area contributed by atoms with Crippen molar-refractivity contribution in [3.8, 4) is 12.0 Å². The van der Waals surface area contributed by atoms with Gasteiger partial charge in [-0.05, 0) is 87.7 Å². The number of nitrogens with zero attached hydrogens (tertiary/aromatic N) is 14. The Bertz CT molecular complexity index is 3460. The van der Waals surface area contributed by atoms with E-state index < -0.39 is 0 Å². The number of aryl methyl sites for hydroxylation is 2. The average Bonchev–Trinajstić information content (AvgIpc) is 1.40. The van der Waals surface area contributed by atoms with Crippen LogP contribution in [0.5, 0.6) is 12.0 Å². The molecule has 0 aliphatic carbocycles. The Labute approximate surface area is 499 Å². The summed E-state index contributed by atoms with van der Waals surface area (Å²) in [4.78, 5) is 80.5. The number of anilines is 4. The van der Waals surface area contributed by atoms with E-state index in [0.29, 0.717) is 57.7 Å². The molecule has 0 radical (unpaired) electrons. The quantitative estimate of drug-likeness (QED) is 0.0639. The fraction of sp³-hybridized carbons (Fsp3) is 0.462. The first-order valence-corrected chi connectivity index (χ1v) is 29.3. The maximum Gasteiger partial charge on any atom is 0.318 e. The molecule has 0 N–H and O–H groups in total. The van der Waals surface area contributed by atoms with Gasteiger partial charge in [-0.2, -0.15) is 19.9 Å². The number of amides is 3. The Hall–Kier alpha value is -8.62. The molecule has 10 rings (SSSR count). The van der Waals surface area contributed by atoms with Gasteiger partial charge in [0, 0.05) is 126 Å². The van der Waals surface area contributed by atoms with Crippen molar-refractivity contribution in [2.45, 2.75) is 71.5 Å². The number of hydrogen-bond acceptors (Lipinski definition) is 14. The lowest BCUT2D eigenvalue weighted by Crippen LogP contribution is -2.56. The molecule has 19 nitrogen and oxygen atoms in total. The van der Waals surface area contributed by atoms with Crippen molar-refractivity contribution >= 4 is 62.3 Å². The SMILES string of the molecule is F.[C-]#[N+]C[C@@H]1CCCN(c2nc(OCCC(=O)N(C)C)nc3c2CCN(c2cccc4cccc(C)c24)C3)C1.[C-]#[N+]C[C@H]1CN(c2nc(OCCC(=O)N(C)C)nc3c2CCN(c2cccc4cccc(C)c24)C3)CCN1C(=O)/C=C/CN(C)C. The molecular formula is C65H81FN14O5. The molecule has 3 amide bonds. The Balaban J connectivity index is 0.000000222. The summed E-state index contributed by atoms with van der Waals surface area (Å²) >= 11 is 0. The fourth-order valence-electron chi connectivity index (χ4n) is 11.9. The van der Waals surface area contributed by atoms with Gasteiger partial charge in [0.25, 0.3) is 0 Å². The van der Waals surface area contributed by atoms with Gasteiger partial charge in [0.05, 0.1) is 37.3 Å². The number of ether oxygens (including phenoxy) is 2. The van der Waals surface area contributed by atoms with E-state index in [-0.39, 0.29) is 67.1 Å². The molecule has 85 heavy (non-hydrogen) atoms. The van der Waals surface area contributed by atoms with Crippen molar-refractivity contribution in [1.29, 1.82) is 0 Å². The number of carbonyl (C=O) groups excluding carboxylic acids is 3. The summed E-state index contributed by atoms with van der Waals surface area (Å²) in [6, 6.07) is 26.0. The van der Waals surface area contributed by atoms with Crippen LogP contribution in [0.25, 0.3) is 31.2 Å². The third-order valence-corrected chi connectivity index (χ3v) is 16.3. The predicted molar refractivity (Wildman–Crippen MR) is 334 cm³/mol. The smallest absolute Gasteiger partial charge is 0.318 e. The molecule has 0 bridgehead atoms. The lowest BCUT2D eigenvalue weighted by atomic mass is 9.96. The molecule has 4 aromatic carbocycles. The lowest BCUT2D eigenvalue weighted by Gasteiger charge is -2.41. The van der Waals surface area contributed by atoms with Gasteiger partial charge in [0.15, 0.2) is 0 Å². The van der Waals surface area contributed by atoms with E-state index in [1.54, 1.807) is 44.1 Å². The molecular weight excluding hydrogens is 1080 g/mol. The maximum absolute atomic E-state index is 13.1. The Morgan fingerprint density at radius 3 is 1.60 bits per heavy atom. The van der Waals surface area contributed by atoms with E-state index in [9.17, 15) is 14.4 Å². The zero-order valence-electron chi connectivity index (χ0n) is 50.6. The van der Waals surface area contributed by atoms with Gasteiger partial charge in [0.1, 0.15) is 30.9 Å². The lowest BCUT2D eigenvalue weighted by molar-refractivity contribution is -0.130. The average molecular weight is 1160 g/mol. The number of piperidine rings is 1. The zero-order chi connectivity index (χ0) is 59.4. The Morgan fingerprint density at radius 2 is 1.12 bits per heavy atom. The van der Waals surface area contributed by atoms with E-state index in [1.165, 1.54) is 49.6 Å². The molecule has 0 unspecified atom stereocenters. The number of halogens is 1. The van der Waals surface area contributed by atoms with Gasteiger partial charge >= 0.3 is 12.0 Å². The fourth-order valence-corrected chi connectivity index (χ4v) is 11.9. The van der Waals surface area contributed by atoms with Gasteiger partial charge in [-0.15, -0.1) is 0 Å². The third-order valence-electron chi connectivity index (χ3n) is 16.3. The number of fused-ring (bicyclic) bond motifs is 4. The van der Waals surface area contributed by atoms with Crippen LogP contribution < -0.4 is 29.1 Å². The highest BCUT2D eigenvalue weighted by molar-refractivity contribution is 5.98. The van der Waals surface area contributed by atoms with Gasteiger partial charge < -0.3 is 58.4 Å². The molecule has 2 atom stereocenters. The van der Waals surface area contributed by atoms with E-state index in [4.69, 9.17) is 42.6 Å². The van der Waals surface area contributed by atoms with Crippen LogP contribution >= 0.6 is 0 Å². The van der Waals surface area contributed by atoms with Crippen molar-refractivity contribution in [1.82, 2.24) is 39.5 Å². The van der Waals surface area contributed by atoms with Crippen molar-refractivity contribution in [3.05, 3.63) is 141 Å². The molecule has 4 aliphatic rings. The number of likely N-dealkylation sites (N-methyl/N-ethyl adjacent to an activating group) is 1. The summed E-state index contributed by atoms with van der Waals surface area (Å²) in [6.45, 7) is 27.3. The van der Waals surface area contributed by atoms with Crippen LogP contribution in [-0.2, 0) is 40.3 Å². The minimum absolute atomic E-state index is 0. The number of aromatic nitrogens is 4. The summed E-state index contributed by atoms with van der Waals surface area (Å²) in [5.74, 6) is 1.99. The van der Waals surface area contributed by atoms with Gasteiger partial charge in [-0.25, -0.2) is 13.1 Å². The van der Waals surface area contributed by atoms with Crippen LogP contribution in [0.3, 0.4) is 0 Å². The third kappa shape index (κ3) is 15.0. The summed E-state index contributed by atoms with van der Waals surface area (Å²) < 4.78 is 12.0. The van der Waals surface area contributed by atoms with Crippen molar-refractivity contribution < 1.29 is 28.6 Å². The minimum Gasteiger partial charge on any atom is -0.463 e. The van der Waals surface area contributed by atoms with Gasteiger partial charge in [-0.1, -0.05) is 66.7 Å². The van der Waals surface area contributed by atoms with Crippen LogP contribution in [0.2, 0.25) is 0 Å². The topological polar surface area (TPSA) is 156 Å². The molecule has 4 aliphatic heterocycles. The molecule has 6 aromatic rings. The van der Waals surface area contributed by atoms with E-state index in [0.717, 1.165) is 80.4 Å². The van der Waals surface area contributed by atoms with E-state index >= 15 is 0 Å². The monoisotopic (exact) mass is 1160 g/mol. The molecule has 2 fully saturated rings. The highest BCUT2D eigenvalue weighted by atomic mass is 19.0. The number of hydrogen-bond donors (Lipinski definition) is 0.